The molecule has 1 aliphatic carbocycles. The molecule has 0 fully saturated rings. The molecule has 5 aromatic carbocycles. The predicted octanol–water partition coefficient (Wildman–Crippen LogP) is 9.38. The largest absolute Gasteiger partial charge is 0.310 e. The predicted molar refractivity (Wildman–Crippen MR) is 144 cm³/mol. The second-order valence-electron chi connectivity index (χ2n) is 9.24. The lowest BCUT2D eigenvalue weighted by atomic mass is 9.82. The maximum absolute atomic E-state index is 3.59. The average Bonchev–Trinajstić information content (AvgIpc) is 3.07. The van der Waals surface area contributed by atoms with Crippen molar-refractivity contribution in [3.05, 3.63) is 125 Å². The van der Waals surface area contributed by atoms with Crippen LogP contribution in [0.2, 0.25) is 0 Å². The second-order valence-corrected chi connectivity index (χ2v) is 10.2. The molecule has 0 saturated carbocycles. The van der Waals surface area contributed by atoms with E-state index in [0.29, 0.717) is 0 Å². The van der Waals surface area contributed by atoms with Gasteiger partial charge in [0.25, 0.3) is 0 Å². The Morgan fingerprint density at radius 3 is 1.97 bits per heavy atom. The van der Waals surface area contributed by atoms with Gasteiger partial charge in [0.1, 0.15) is 0 Å². The van der Waals surface area contributed by atoms with E-state index in [4.69, 9.17) is 0 Å². The molecule has 0 amide bonds. The summed E-state index contributed by atoms with van der Waals surface area (Å²) < 4.78 is 1.08. The van der Waals surface area contributed by atoms with Crippen LogP contribution in [-0.2, 0) is 5.41 Å². The molecular weight excluding hydrogens is 466 g/mol. The third-order valence-electron chi connectivity index (χ3n) is 6.90. The first-order valence-electron chi connectivity index (χ1n) is 11.3. The lowest BCUT2D eigenvalue weighted by Crippen LogP contribution is -2.16. The number of anilines is 3. The van der Waals surface area contributed by atoms with Crippen molar-refractivity contribution >= 4 is 43.8 Å². The molecule has 6 rings (SSSR count). The maximum atomic E-state index is 3.59. The van der Waals surface area contributed by atoms with Crippen LogP contribution in [0, 0.1) is 0 Å². The highest BCUT2D eigenvalue weighted by atomic mass is 79.9. The molecule has 0 bridgehead atoms. The van der Waals surface area contributed by atoms with Gasteiger partial charge < -0.3 is 4.90 Å². The fourth-order valence-corrected chi connectivity index (χ4v) is 5.45. The molecule has 0 aliphatic heterocycles. The summed E-state index contributed by atoms with van der Waals surface area (Å²) in [7, 11) is 0. The number of hydrogen-bond acceptors (Lipinski definition) is 1. The van der Waals surface area contributed by atoms with E-state index in [1.165, 1.54) is 38.7 Å². The minimum absolute atomic E-state index is 0.0310. The molecule has 1 nitrogen and oxygen atoms in total. The Labute approximate surface area is 203 Å². The zero-order valence-corrected chi connectivity index (χ0v) is 20.3. The summed E-state index contributed by atoms with van der Waals surface area (Å²) in [5, 5.41) is 2.49. The highest BCUT2D eigenvalue weighted by Gasteiger charge is 2.35. The van der Waals surface area contributed by atoms with Gasteiger partial charge in [0.05, 0.1) is 0 Å². The molecule has 0 spiro atoms. The third kappa shape index (κ3) is 3.29. The number of benzene rings is 5. The quantitative estimate of drug-likeness (QED) is 0.244. The molecule has 0 aromatic heterocycles. The summed E-state index contributed by atoms with van der Waals surface area (Å²) in [6.07, 6.45) is 0. The van der Waals surface area contributed by atoms with Crippen LogP contribution in [-0.4, -0.2) is 0 Å². The van der Waals surface area contributed by atoms with Crippen LogP contribution in [0.25, 0.3) is 21.9 Å². The maximum Gasteiger partial charge on any atom is 0.0468 e. The van der Waals surface area contributed by atoms with Crippen LogP contribution in [0.1, 0.15) is 25.0 Å². The van der Waals surface area contributed by atoms with E-state index in [2.05, 4.69) is 144 Å². The van der Waals surface area contributed by atoms with Crippen molar-refractivity contribution < 1.29 is 0 Å². The Morgan fingerprint density at radius 2 is 1.15 bits per heavy atom. The number of rotatable bonds is 3. The Balaban J connectivity index is 1.55. The summed E-state index contributed by atoms with van der Waals surface area (Å²) in [5.41, 5.74) is 8.91. The van der Waals surface area contributed by atoms with Gasteiger partial charge in [-0.05, 0) is 81.6 Å². The van der Waals surface area contributed by atoms with Crippen LogP contribution in [0.15, 0.2) is 114 Å². The topological polar surface area (TPSA) is 3.24 Å². The first-order valence-corrected chi connectivity index (χ1v) is 12.1. The lowest BCUT2D eigenvalue weighted by molar-refractivity contribution is 0.660. The molecule has 0 atom stereocenters. The molecule has 0 unspecified atom stereocenters. The van der Waals surface area contributed by atoms with Gasteiger partial charge >= 0.3 is 0 Å². The van der Waals surface area contributed by atoms with Crippen molar-refractivity contribution in [1.82, 2.24) is 0 Å². The van der Waals surface area contributed by atoms with Crippen LogP contribution in [0.4, 0.5) is 17.1 Å². The standard InChI is InChI=1S/C31H24BrN/c1-31(2)29-10-6-5-9-27(29)28-18-17-26(20-30(28)31)33(24-15-12-23(32)13-16-24)25-14-11-21-7-3-4-8-22(21)19-25/h3-20H,1-2H3. The highest BCUT2D eigenvalue weighted by molar-refractivity contribution is 9.10. The van der Waals surface area contributed by atoms with Crippen molar-refractivity contribution in [2.75, 3.05) is 4.90 Å². The smallest absolute Gasteiger partial charge is 0.0468 e. The Morgan fingerprint density at radius 1 is 0.545 bits per heavy atom. The fourth-order valence-electron chi connectivity index (χ4n) is 5.18. The van der Waals surface area contributed by atoms with E-state index in [1.54, 1.807) is 0 Å². The molecule has 0 radical (unpaired) electrons. The van der Waals surface area contributed by atoms with E-state index in [1.807, 2.05) is 0 Å². The van der Waals surface area contributed by atoms with Gasteiger partial charge in [-0.3, -0.25) is 0 Å². The summed E-state index contributed by atoms with van der Waals surface area (Å²) >= 11 is 3.59. The number of hydrogen-bond donors (Lipinski definition) is 0. The molecule has 2 heteroatoms. The van der Waals surface area contributed by atoms with Crippen molar-refractivity contribution in [2.45, 2.75) is 19.3 Å². The van der Waals surface area contributed by atoms with E-state index in [0.717, 1.165) is 15.8 Å². The Bertz CT molecular complexity index is 1500. The molecule has 5 aromatic rings. The fraction of sp³-hybridized carbons (Fsp3) is 0.0968. The van der Waals surface area contributed by atoms with E-state index < -0.39 is 0 Å². The lowest BCUT2D eigenvalue weighted by Gasteiger charge is -2.28. The van der Waals surface area contributed by atoms with Gasteiger partial charge in [-0.1, -0.05) is 90.4 Å². The van der Waals surface area contributed by atoms with Crippen LogP contribution >= 0.6 is 15.9 Å². The van der Waals surface area contributed by atoms with E-state index in [9.17, 15) is 0 Å². The summed E-state index contributed by atoms with van der Waals surface area (Å²) in [6.45, 7) is 4.67. The number of fused-ring (bicyclic) bond motifs is 4. The summed E-state index contributed by atoms with van der Waals surface area (Å²) in [5.74, 6) is 0. The minimum atomic E-state index is -0.0310. The molecule has 0 saturated heterocycles. The summed E-state index contributed by atoms with van der Waals surface area (Å²) in [4.78, 5) is 2.36. The Kier molecular flexibility index (Phi) is 4.67. The van der Waals surface area contributed by atoms with Gasteiger partial charge in [0.2, 0.25) is 0 Å². The van der Waals surface area contributed by atoms with Crippen LogP contribution in [0.3, 0.4) is 0 Å². The van der Waals surface area contributed by atoms with Crippen molar-refractivity contribution in [3.63, 3.8) is 0 Å². The molecule has 0 heterocycles. The Hall–Kier alpha value is -3.36. The first kappa shape index (κ1) is 20.3. The summed E-state index contributed by atoms with van der Waals surface area (Å²) in [6, 6.07) is 39.6. The molecule has 1 aliphatic rings. The average molecular weight is 490 g/mol. The van der Waals surface area contributed by atoms with Gasteiger partial charge in [-0.15, -0.1) is 0 Å². The minimum Gasteiger partial charge on any atom is -0.310 e. The van der Waals surface area contributed by atoms with Gasteiger partial charge in [0, 0.05) is 26.9 Å². The zero-order valence-electron chi connectivity index (χ0n) is 18.7. The SMILES string of the molecule is CC1(C)c2ccccc2-c2ccc(N(c3ccc(Br)cc3)c3ccc4ccccc4c3)cc21. The molecule has 33 heavy (non-hydrogen) atoms. The zero-order chi connectivity index (χ0) is 22.6. The van der Waals surface area contributed by atoms with E-state index in [-0.39, 0.29) is 5.41 Å². The first-order chi connectivity index (χ1) is 16.0. The van der Waals surface area contributed by atoms with Crippen molar-refractivity contribution in [2.24, 2.45) is 0 Å². The van der Waals surface area contributed by atoms with Crippen LogP contribution in [0.5, 0.6) is 0 Å². The third-order valence-corrected chi connectivity index (χ3v) is 7.43. The van der Waals surface area contributed by atoms with Gasteiger partial charge in [-0.2, -0.15) is 0 Å². The van der Waals surface area contributed by atoms with Crippen LogP contribution < -0.4 is 4.90 Å². The van der Waals surface area contributed by atoms with Crippen molar-refractivity contribution in [1.29, 1.82) is 0 Å². The van der Waals surface area contributed by atoms with Gasteiger partial charge in [-0.25, -0.2) is 0 Å². The second kappa shape index (κ2) is 7.60. The molecule has 160 valence electrons. The number of nitrogens with zero attached hydrogens (tertiary/aromatic N) is 1. The van der Waals surface area contributed by atoms with Crippen molar-refractivity contribution in [3.8, 4) is 11.1 Å². The number of halogens is 1. The molecule has 0 N–H and O–H groups in total. The van der Waals surface area contributed by atoms with E-state index >= 15 is 0 Å². The monoisotopic (exact) mass is 489 g/mol. The highest BCUT2D eigenvalue weighted by Crippen LogP contribution is 2.50. The normalized spacial score (nSPS) is 13.5. The molecular formula is C31H24BrN. The van der Waals surface area contributed by atoms with Gasteiger partial charge in [0.15, 0.2) is 0 Å².